The van der Waals surface area contributed by atoms with Gasteiger partial charge < -0.3 is 14.0 Å². The topological polar surface area (TPSA) is 23.4 Å². The van der Waals surface area contributed by atoms with Crippen LogP contribution in [-0.4, -0.2) is 18.8 Å². The van der Waals surface area contributed by atoms with E-state index >= 15 is 0 Å². The van der Waals surface area contributed by atoms with Crippen molar-refractivity contribution in [2.75, 3.05) is 14.2 Å². The Labute approximate surface area is 130 Å². The molecule has 0 fully saturated rings. The standard InChI is InChI=1S/C19H19NO2/c1-21-18-11-10-16(13-19(18)22-2)17-9-6-12-20(17)14-15-7-4-3-5-8-15/h3-13H,14H2,1-2H3. The van der Waals surface area contributed by atoms with Crippen molar-refractivity contribution in [3.63, 3.8) is 0 Å². The molecule has 22 heavy (non-hydrogen) atoms. The minimum absolute atomic E-state index is 0.743. The van der Waals surface area contributed by atoms with Gasteiger partial charge in [-0.2, -0.15) is 0 Å². The summed E-state index contributed by atoms with van der Waals surface area (Å²) in [6, 6.07) is 20.6. The third-order valence-corrected chi connectivity index (χ3v) is 3.70. The van der Waals surface area contributed by atoms with Crippen molar-refractivity contribution in [1.82, 2.24) is 4.57 Å². The molecule has 0 unspecified atom stereocenters. The Morgan fingerprint density at radius 2 is 1.59 bits per heavy atom. The van der Waals surface area contributed by atoms with Crippen molar-refractivity contribution in [3.8, 4) is 22.8 Å². The quantitative estimate of drug-likeness (QED) is 0.703. The van der Waals surface area contributed by atoms with Gasteiger partial charge in [0.2, 0.25) is 0 Å². The molecular weight excluding hydrogens is 274 g/mol. The molecule has 2 aromatic carbocycles. The first-order valence-electron chi connectivity index (χ1n) is 7.23. The van der Waals surface area contributed by atoms with E-state index in [0.29, 0.717) is 0 Å². The van der Waals surface area contributed by atoms with E-state index in [9.17, 15) is 0 Å². The minimum Gasteiger partial charge on any atom is -0.493 e. The second-order valence-corrected chi connectivity index (χ2v) is 5.08. The molecule has 0 bridgehead atoms. The lowest BCUT2D eigenvalue weighted by Crippen LogP contribution is -2.00. The lowest BCUT2D eigenvalue weighted by Gasteiger charge is -2.12. The number of ether oxygens (including phenoxy) is 2. The summed E-state index contributed by atoms with van der Waals surface area (Å²) in [6.07, 6.45) is 2.10. The number of rotatable bonds is 5. The molecule has 0 amide bonds. The Hall–Kier alpha value is -2.68. The highest BCUT2D eigenvalue weighted by Gasteiger charge is 2.09. The molecule has 0 saturated heterocycles. The van der Waals surface area contributed by atoms with Crippen LogP contribution in [0.5, 0.6) is 11.5 Å². The molecule has 0 atom stereocenters. The van der Waals surface area contributed by atoms with Crippen LogP contribution in [0.1, 0.15) is 5.56 Å². The molecular formula is C19H19NO2. The molecule has 0 spiro atoms. The largest absolute Gasteiger partial charge is 0.493 e. The van der Waals surface area contributed by atoms with Gasteiger partial charge in [-0.15, -0.1) is 0 Å². The van der Waals surface area contributed by atoms with Crippen LogP contribution in [0, 0.1) is 0 Å². The van der Waals surface area contributed by atoms with E-state index in [1.807, 2.05) is 18.2 Å². The summed E-state index contributed by atoms with van der Waals surface area (Å²) in [7, 11) is 3.31. The predicted octanol–water partition coefficient (Wildman–Crippen LogP) is 4.22. The van der Waals surface area contributed by atoms with Gasteiger partial charge in [-0.25, -0.2) is 0 Å². The van der Waals surface area contributed by atoms with Crippen molar-refractivity contribution in [1.29, 1.82) is 0 Å². The first-order chi connectivity index (χ1) is 10.8. The number of methoxy groups -OCH3 is 2. The average molecular weight is 293 g/mol. The van der Waals surface area contributed by atoms with Gasteiger partial charge in [0.05, 0.1) is 14.2 Å². The van der Waals surface area contributed by atoms with Crippen LogP contribution in [0.25, 0.3) is 11.3 Å². The van der Waals surface area contributed by atoms with Gasteiger partial charge in [0.1, 0.15) is 0 Å². The summed E-state index contributed by atoms with van der Waals surface area (Å²) in [4.78, 5) is 0. The van der Waals surface area contributed by atoms with E-state index in [1.54, 1.807) is 14.2 Å². The van der Waals surface area contributed by atoms with Crippen LogP contribution < -0.4 is 9.47 Å². The van der Waals surface area contributed by atoms with Gasteiger partial charge in [-0.1, -0.05) is 30.3 Å². The predicted molar refractivity (Wildman–Crippen MR) is 88.5 cm³/mol. The fourth-order valence-corrected chi connectivity index (χ4v) is 2.59. The van der Waals surface area contributed by atoms with E-state index in [1.165, 1.54) is 5.56 Å². The van der Waals surface area contributed by atoms with Crippen molar-refractivity contribution >= 4 is 0 Å². The zero-order valence-corrected chi connectivity index (χ0v) is 12.8. The molecule has 3 nitrogen and oxygen atoms in total. The maximum Gasteiger partial charge on any atom is 0.161 e. The van der Waals surface area contributed by atoms with E-state index in [0.717, 1.165) is 29.3 Å². The maximum atomic E-state index is 5.40. The van der Waals surface area contributed by atoms with Gasteiger partial charge >= 0.3 is 0 Å². The van der Waals surface area contributed by atoms with Crippen LogP contribution >= 0.6 is 0 Å². The zero-order valence-electron chi connectivity index (χ0n) is 12.8. The van der Waals surface area contributed by atoms with Crippen LogP contribution in [0.4, 0.5) is 0 Å². The molecule has 112 valence electrons. The van der Waals surface area contributed by atoms with Crippen molar-refractivity contribution in [3.05, 3.63) is 72.4 Å². The second-order valence-electron chi connectivity index (χ2n) is 5.08. The number of aromatic nitrogens is 1. The number of benzene rings is 2. The number of nitrogens with zero attached hydrogens (tertiary/aromatic N) is 1. The Morgan fingerprint density at radius 3 is 2.32 bits per heavy atom. The lowest BCUT2D eigenvalue weighted by molar-refractivity contribution is 0.355. The van der Waals surface area contributed by atoms with Gasteiger partial charge in [-0.05, 0) is 35.9 Å². The summed E-state index contributed by atoms with van der Waals surface area (Å²) in [5.41, 5.74) is 3.55. The fraction of sp³-hybridized carbons (Fsp3) is 0.158. The van der Waals surface area contributed by atoms with Crippen LogP contribution in [-0.2, 0) is 6.54 Å². The molecule has 3 heteroatoms. The molecule has 0 aliphatic carbocycles. The molecule has 0 aliphatic rings. The third kappa shape index (κ3) is 2.84. The highest BCUT2D eigenvalue weighted by Crippen LogP contribution is 2.32. The Balaban J connectivity index is 1.95. The van der Waals surface area contributed by atoms with Crippen molar-refractivity contribution in [2.45, 2.75) is 6.54 Å². The molecule has 3 rings (SSSR count). The smallest absolute Gasteiger partial charge is 0.161 e. The van der Waals surface area contributed by atoms with E-state index in [-0.39, 0.29) is 0 Å². The van der Waals surface area contributed by atoms with Gasteiger partial charge in [0.15, 0.2) is 11.5 Å². The zero-order chi connectivity index (χ0) is 15.4. The summed E-state index contributed by atoms with van der Waals surface area (Å²) in [6.45, 7) is 0.845. The highest BCUT2D eigenvalue weighted by molar-refractivity contribution is 5.65. The first kappa shape index (κ1) is 14.3. The normalized spacial score (nSPS) is 10.5. The molecule has 0 N–H and O–H groups in total. The minimum atomic E-state index is 0.743. The Morgan fingerprint density at radius 1 is 0.818 bits per heavy atom. The third-order valence-electron chi connectivity index (χ3n) is 3.70. The fourth-order valence-electron chi connectivity index (χ4n) is 2.59. The van der Waals surface area contributed by atoms with Gasteiger partial charge in [0, 0.05) is 24.0 Å². The monoisotopic (exact) mass is 293 g/mol. The summed E-state index contributed by atoms with van der Waals surface area (Å²) >= 11 is 0. The van der Waals surface area contributed by atoms with Gasteiger partial charge in [0.25, 0.3) is 0 Å². The van der Waals surface area contributed by atoms with E-state index in [4.69, 9.17) is 9.47 Å². The van der Waals surface area contributed by atoms with Crippen molar-refractivity contribution in [2.24, 2.45) is 0 Å². The molecule has 1 aromatic heterocycles. The average Bonchev–Trinajstić information content (AvgIpc) is 3.03. The Bertz CT molecular complexity index is 747. The number of hydrogen-bond acceptors (Lipinski definition) is 2. The van der Waals surface area contributed by atoms with Crippen LogP contribution in [0.2, 0.25) is 0 Å². The van der Waals surface area contributed by atoms with Crippen LogP contribution in [0.15, 0.2) is 66.9 Å². The molecule has 1 heterocycles. The summed E-state index contributed by atoms with van der Waals surface area (Å²) in [5.74, 6) is 1.49. The van der Waals surface area contributed by atoms with Crippen molar-refractivity contribution < 1.29 is 9.47 Å². The summed E-state index contributed by atoms with van der Waals surface area (Å²) < 4.78 is 12.9. The van der Waals surface area contributed by atoms with Gasteiger partial charge in [-0.3, -0.25) is 0 Å². The van der Waals surface area contributed by atoms with E-state index < -0.39 is 0 Å². The molecule has 0 radical (unpaired) electrons. The first-order valence-corrected chi connectivity index (χ1v) is 7.23. The second kappa shape index (κ2) is 6.39. The SMILES string of the molecule is COc1ccc(-c2cccn2Cc2ccccc2)cc1OC. The van der Waals surface area contributed by atoms with E-state index in [2.05, 4.69) is 53.2 Å². The molecule has 3 aromatic rings. The Kier molecular flexibility index (Phi) is 4.15. The number of hydrogen-bond donors (Lipinski definition) is 0. The molecule has 0 aliphatic heterocycles. The highest BCUT2D eigenvalue weighted by atomic mass is 16.5. The summed E-state index contributed by atoms with van der Waals surface area (Å²) in [5, 5.41) is 0. The lowest BCUT2D eigenvalue weighted by atomic mass is 10.1. The van der Waals surface area contributed by atoms with Crippen LogP contribution in [0.3, 0.4) is 0 Å². The molecule has 0 saturated carbocycles. The maximum absolute atomic E-state index is 5.40.